The van der Waals surface area contributed by atoms with Crippen LogP contribution in [0.3, 0.4) is 0 Å². The zero-order valence-electron chi connectivity index (χ0n) is 14.3. The molecular weight excluding hydrogens is 348 g/mol. The zero-order chi connectivity index (χ0) is 19.2. The maximum Gasteiger partial charge on any atom is 0.271 e. The van der Waals surface area contributed by atoms with E-state index in [4.69, 9.17) is 0 Å². The van der Waals surface area contributed by atoms with Crippen molar-refractivity contribution in [2.45, 2.75) is 6.54 Å². The molecule has 0 spiro atoms. The van der Waals surface area contributed by atoms with Gasteiger partial charge in [-0.25, -0.2) is 0 Å². The molecule has 3 rings (SSSR count). The number of rotatable bonds is 7. The van der Waals surface area contributed by atoms with E-state index in [9.17, 15) is 20.5 Å². The number of non-ortho nitro benzene ring substituents is 1. The van der Waals surface area contributed by atoms with Gasteiger partial charge in [0.2, 0.25) is 5.69 Å². The summed E-state index contributed by atoms with van der Waals surface area (Å²) in [5.74, 6) is 0.307. The first kappa shape index (κ1) is 18.0. The van der Waals surface area contributed by atoms with Gasteiger partial charge in [0.25, 0.3) is 5.69 Å². The molecule has 27 heavy (non-hydrogen) atoms. The Balaban J connectivity index is 1.98. The molecule has 0 aliphatic heterocycles. The number of nitro benzene ring substituents is 1. The van der Waals surface area contributed by atoms with Gasteiger partial charge in [-0.2, -0.15) is 5.26 Å². The number of anilines is 1. The standard InChI is InChI=1S/C18H16N6O3/c19-12-17-18(22(9-10-25)13-14-5-2-1-3-6-14)21-23(20-17)15-7-4-8-16(11-15)24(26)27/h1-8,11,25H,9-10,13H2. The topological polar surface area (TPSA) is 121 Å². The van der Waals surface area contributed by atoms with Crippen LogP contribution in [0.4, 0.5) is 11.5 Å². The van der Waals surface area contributed by atoms with E-state index in [2.05, 4.69) is 10.2 Å². The van der Waals surface area contributed by atoms with E-state index in [0.29, 0.717) is 18.1 Å². The van der Waals surface area contributed by atoms with Crippen LogP contribution in [0.2, 0.25) is 0 Å². The Bertz CT molecular complexity index is 980. The first-order valence-electron chi connectivity index (χ1n) is 8.14. The van der Waals surface area contributed by atoms with Gasteiger partial charge in [0.05, 0.1) is 17.2 Å². The maximum absolute atomic E-state index is 11.0. The minimum Gasteiger partial charge on any atom is -0.395 e. The highest BCUT2D eigenvalue weighted by Gasteiger charge is 2.19. The summed E-state index contributed by atoms with van der Waals surface area (Å²) in [5.41, 5.74) is 1.34. The van der Waals surface area contributed by atoms with Crippen LogP contribution in [-0.4, -0.2) is 38.2 Å². The molecule has 0 amide bonds. The number of aliphatic hydroxyl groups excluding tert-OH is 1. The molecule has 0 saturated carbocycles. The molecule has 0 saturated heterocycles. The predicted molar refractivity (Wildman–Crippen MR) is 97.3 cm³/mol. The highest BCUT2D eigenvalue weighted by molar-refractivity contribution is 5.51. The van der Waals surface area contributed by atoms with E-state index >= 15 is 0 Å². The molecule has 3 aromatic rings. The summed E-state index contributed by atoms with van der Waals surface area (Å²) in [4.78, 5) is 13.4. The Labute approximate surface area is 154 Å². The monoisotopic (exact) mass is 364 g/mol. The van der Waals surface area contributed by atoms with E-state index in [1.54, 1.807) is 11.0 Å². The minimum absolute atomic E-state index is 0.0749. The van der Waals surface area contributed by atoms with E-state index in [-0.39, 0.29) is 24.5 Å². The van der Waals surface area contributed by atoms with Crippen molar-refractivity contribution in [1.82, 2.24) is 15.0 Å². The molecule has 0 radical (unpaired) electrons. The van der Waals surface area contributed by atoms with Gasteiger partial charge in [-0.1, -0.05) is 36.4 Å². The molecule has 0 bridgehead atoms. The lowest BCUT2D eigenvalue weighted by Crippen LogP contribution is -2.27. The summed E-state index contributed by atoms with van der Waals surface area (Å²) in [6, 6.07) is 17.4. The third-order valence-electron chi connectivity index (χ3n) is 3.86. The molecule has 9 nitrogen and oxygen atoms in total. The fraction of sp³-hybridized carbons (Fsp3) is 0.167. The van der Waals surface area contributed by atoms with Crippen molar-refractivity contribution in [3.63, 3.8) is 0 Å². The lowest BCUT2D eigenvalue weighted by Gasteiger charge is -2.21. The number of nitriles is 1. The second-order valence-corrected chi connectivity index (χ2v) is 5.68. The Morgan fingerprint density at radius 3 is 2.63 bits per heavy atom. The summed E-state index contributed by atoms with van der Waals surface area (Å²) in [6.07, 6.45) is 0. The highest BCUT2D eigenvalue weighted by Crippen LogP contribution is 2.21. The van der Waals surface area contributed by atoms with Crippen LogP contribution < -0.4 is 4.90 Å². The fourth-order valence-electron chi connectivity index (χ4n) is 2.62. The number of aliphatic hydroxyl groups is 1. The van der Waals surface area contributed by atoms with Crippen molar-refractivity contribution < 1.29 is 10.0 Å². The Hall–Kier alpha value is -3.77. The van der Waals surface area contributed by atoms with Crippen molar-refractivity contribution >= 4 is 11.5 Å². The number of aromatic nitrogens is 3. The average molecular weight is 364 g/mol. The first-order valence-corrected chi connectivity index (χ1v) is 8.14. The number of benzene rings is 2. The molecule has 2 aromatic carbocycles. The van der Waals surface area contributed by atoms with Crippen LogP contribution in [0, 0.1) is 21.4 Å². The SMILES string of the molecule is N#Cc1nn(-c2cccc([N+](=O)[O-])c2)nc1N(CCO)Cc1ccccc1. The van der Waals surface area contributed by atoms with Crippen molar-refractivity contribution in [2.75, 3.05) is 18.1 Å². The van der Waals surface area contributed by atoms with Gasteiger partial charge in [-0.05, 0) is 11.6 Å². The predicted octanol–water partition coefficient (Wildman–Crippen LogP) is 2.05. The van der Waals surface area contributed by atoms with E-state index in [1.165, 1.54) is 23.0 Å². The van der Waals surface area contributed by atoms with E-state index in [1.807, 2.05) is 36.4 Å². The van der Waals surface area contributed by atoms with E-state index < -0.39 is 4.92 Å². The number of hydrogen-bond acceptors (Lipinski definition) is 7. The third kappa shape index (κ3) is 4.08. The second kappa shape index (κ2) is 8.07. The van der Waals surface area contributed by atoms with Crippen molar-refractivity contribution in [3.8, 4) is 11.8 Å². The van der Waals surface area contributed by atoms with Gasteiger partial charge in [-0.15, -0.1) is 15.0 Å². The Kier molecular flexibility index (Phi) is 5.39. The number of hydrogen-bond donors (Lipinski definition) is 1. The quantitative estimate of drug-likeness (QED) is 0.503. The fourth-order valence-corrected chi connectivity index (χ4v) is 2.62. The smallest absolute Gasteiger partial charge is 0.271 e. The van der Waals surface area contributed by atoms with Crippen molar-refractivity contribution in [3.05, 3.63) is 76.0 Å². The van der Waals surface area contributed by atoms with Gasteiger partial charge in [0.15, 0.2) is 5.82 Å². The van der Waals surface area contributed by atoms with Crippen LogP contribution in [0.25, 0.3) is 5.69 Å². The van der Waals surface area contributed by atoms with Crippen LogP contribution in [0.1, 0.15) is 11.3 Å². The normalized spacial score (nSPS) is 10.4. The molecular formula is C18H16N6O3. The van der Waals surface area contributed by atoms with E-state index in [0.717, 1.165) is 5.56 Å². The highest BCUT2D eigenvalue weighted by atomic mass is 16.6. The second-order valence-electron chi connectivity index (χ2n) is 5.68. The van der Waals surface area contributed by atoms with Crippen LogP contribution in [0.15, 0.2) is 54.6 Å². The zero-order valence-corrected chi connectivity index (χ0v) is 14.3. The molecule has 1 aromatic heterocycles. The number of nitrogens with zero attached hydrogens (tertiary/aromatic N) is 6. The first-order chi connectivity index (χ1) is 13.1. The molecule has 1 N–H and O–H groups in total. The average Bonchev–Trinajstić information content (AvgIpc) is 3.13. The van der Waals surface area contributed by atoms with Gasteiger partial charge in [0, 0.05) is 25.2 Å². The van der Waals surface area contributed by atoms with Gasteiger partial charge in [-0.3, -0.25) is 10.1 Å². The van der Waals surface area contributed by atoms with Gasteiger partial charge < -0.3 is 10.0 Å². The summed E-state index contributed by atoms with van der Waals surface area (Å²) < 4.78 is 0. The molecule has 0 unspecified atom stereocenters. The molecule has 0 fully saturated rings. The summed E-state index contributed by atoms with van der Waals surface area (Å²) in [7, 11) is 0. The largest absolute Gasteiger partial charge is 0.395 e. The molecule has 0 atom stereocenters. The Morgan fingerprint density at radius 2 is 1.96 bits per heavy atom. The molecule has 0 aliphatic carbocycles. The molecule has 1 heterocycles. The lowest BCUT2D eigenvalue weighted by atomic mass is 10.2. The van der Waals surface area contributed by atoms with Gasteiger partial charge >= 0.3 is 0 Å². The van der Waals surface area contributed by atoms with Crippen molar-refractivity contribution in [1.29, 1.82) is 5.26 Å². The maximum atomic E-state index is 11.0. The van der Waals surface area contributed by atoms with Gasteiger partial charge in [0.1, 0.15) is 6.07 Å². The number of nitro groups is 1. The third-order valence-corrected chi connectivity index (χ3v) is 3.86. The molecule has 9 heteroatoms. The molecule has 136 valence electrons. The van der Waals surface area contributed by atoms with Crippen LogP contribution in [0.5, 0.6) is 0 Å². The van der Waals surface area contributed by atoms with Crippen molar-refractivity contribution in [2.24, 2.45) is 0 Å². The van der Waals surface area contributed by atoms with Crippen LogP contribution >= 0.6 is 0 Å². The Morgan fingerprint density at radius 1 is 1.19 bits per heavy atom. The summed E-state index contributed by atoms with van der Waals surface area (Å²) in [5, 5.41) is 38.3. The lowest BCUT2D eigenvalue weighted by molar-refractivity contribution is -0.384. The van der Waals surface area contributed by atoms with Crippen LogP contribution in [-0.2, 0) is 6.54 Å². The summed E-state index contributed by atoms with van der Waals surface area (Å²) >= 11 is 0. The summed E-state index contributed by atoms with van der Waals surface area (Å²) in [6.45, 7) is 0.572. The molecule has 0 aliphatic rings. The minimum atomic E-state index is -0.507.